The number of furan rings is 1. The molecule has 0 N–H and O–H groups in total. The van der Waals surface area contributed by atoms with Gasteiger partial charge in [-0.15, -0.1) is 0 Å². The number of fused-ring (bicyclic) bond motifs is 1. The van der Waals surface area contributed by atoms with Gasteiger partial charge in [-0.1, -0.05) is 18.2 Å². The molecule has 4 nitrogen and oxygen atoms in total. The third kappa shape index (κ3) is 2.29. The Balaban J connectivity index is 2.32. The zero-order chi connectivity index (χ0) is 15.7. The Bertz CT molecular complexity index is 874. The smallest absolute Gasteiger partial charge is 0.338 e. The molecule has 0 atom stereocenters. The number of hydrogen-bond acceptors (Lipinski definition) is 4. The van der Waals surface area contributed by atoms with Crippen molar-refractivity contribution >= 4 is 22.7 Å². The number of methoxy groups -OCH3 is 1. The number of hydrogen-bond donors (Lipinski definition) is 0. The maximum atomic E-state index is 12.0. The van der Waals surface area contributed by atoms with Crippen LogP contribution in [0.1, 0.15) is 27.6 Å². The first-order chi connectivity index (χ1) is 10.6. The van der Waals surface area contributed by atoms with Gasteiger partial charge in [0, 0.05) is 10.9 Å². The molecule has 0 spiro atoms. The fourth-order valence-electron chi connectivity index (χ4n) is 2.53. The van der Waals surface area contributed by atoms with Crippen LogP contribution in [0.2, 0.25) is 0 Å². The second-order valence-electron chi connectivity index (χ2n) is 4.95. The van der Waals surface area contributed by atoms with Gasteiger partial charge in [0.2, 0.25) is 0 Å². The Hall–Kier alpha value is -2.88. The minimum atomic E-state index is -0.440. The fourth-order valence-corrected chi connectivity index (χ4v) is 2.53. The number of carbonyl (C=O) groups excluding carboxylic acids is 2. The predicted octanol–water partition coefficient (Wildman–Crippen LogP) is 4.09. The van der Waals surface area contributed by atoms with E-state index < -0.39 is 5.97 Å². The molecule has 0 saturated heterocycles. The first kappa shape index (κ1) is 14.1. The summed E-state index contributed by atoms with van der Waals surface area (Å²) in [5.74, 6) is -0.512. The Labute approximate surface area is 127 Å². The lowest BCUT2D eigenvalue weighted by Gasteiger charge is -2.11. The molecule has 0 aliphatic heterocycles. The molecule has 0 fully saturated rings. The zero-order valence-electron chi connectivity index (χ0n) is 12.3. The summed E-state index contributed by atoms with van der Waals surface area (Å²) in [6, 6.07) is 12.4. The third-order valence-corrected chi connectivity index (χ3v) is 3.59. The maximum absolute atomic E-state index is 12.0. The van der Waals surface area contributed by atoms with Crippen molar-refractivity contribution in [3.8, 4) is 11.1 Å². The molecule has 0 saturated carbocycles. The van der Waals surface area contributed by atoms with Crippen molar-refractivity contribution in [2.75, 3.05) is 7.11 Å². The maximum Gasteiger partial charge on any atom is 0.338 e. The van der Waals surface area contributed by atoms with E-state index in [-0.39, 0.29) is 5.78 Å². The summed E-state index contributed by atoms with van der Waals surface area (Å²) in [6.45, 7) is 1.51. The van der Waals surface area contributed by atoms with Gasteiger partial charge in [0.25, 0.3) is 0 Å². The van der Waals surface area contributed by atoms with Crippen LogP contribution in [0.4, 0.5) is 0 Å². The molecule has 0 amide bonds. The van der Waals surface area contributed by atoms with E-state index in [4.69, 9.17) is 9.15 Å². The summed E-state index contributed by atoms with van der Waals surface area (Å²) < 4.78 is 10.2. The second kappa shape index (κ2) is 5.48. The first-order valence-corrected chi connectivity index (χ1v) is 6.81. The van der Waals surface area contributed by atoms with Crippen LogP contribution in [-0.4, -0.2) is 18.9 Å². The molecule has 110 valence electrons. The molecule has 1 heterocycles. The Morgan fingerprint density at radius 2 is 1.77 bits per heavy atom. The van der Waals surface area contributed by atoms with Gasteiger partial charge < -0.3 is 9.15 Å². The van der Waals surface area contributed by atoms with E-state index in [2.05, 4.69) is 0 Å². The monoisotopic (exact) mass is 294 g/mol. The van der Waals surface area contributed by atoms with E-state index in [0.29, 0.717) is 27.8 Å². The average molecular weight is 294 g/mol. The zero-order valence-corrected chi connectivity index (χ0v) is 12.3. The number of ketones is 1. The summed E-state index contributed by atoms with van der Waals surface area (Å²) in [7, 11) is 1.33. The van der Waals surface area contributed by atoms with Gasteiger partial charge in [-0.2, -0.15) is 0 Å². The van der Waals surface area contributed by atoms with E-state index in [0.717, 1.165) is 5.39 Å². The normalized spacial score (nSPS) is 10.6. The fraction of sp³-hybridized carbons (Fsp3) is 0.111. The van der Waals surface area contributed by atoms with Crippen molar-refractivity contribution in [2.24, 2.45) is 0 Å². The van der Waals surface area contributed by atoms with Gasteiger partial charge in [0.05, 0.1) is 18.9 Å². The Morgan fingerprint density at radius 1 is 1.00 bits per heavy atom. The van der Waals surface area contributed by atoms with E-state index in [1.54, 1.807) is 42.7 Å². The van der Waals surface area contributed by atoms with Crippen molar-refractivity contribution < 1.29 is 18.7 Å². The second-order valence-corrected chi connectivity index (χ2v) is 4.95. The number of carbonyl (C=O) groups is 2. The summed E-state index contributed by atoms with van der Waals surface area (Å²) >= 11 is 0. The van der Waals surface area contributed by atoms with Gasteiger partial charge in [-0.25, -0.2) is 4.79 Å². The Kier molecular flexibility index (Phi) is 3.51. The molecule has 3 rings (SSSR count). The highest BCUT2D eigenvalue weighted by Gasteiger charge is 2.18. The molecular weight excluding hydrogens is 280 g/mol. The van der Waals surface area contributed by atoms with Crippen molar-refractivity contribution in [2.45, 2.75) is 6.92 Å². The molecule has 0 aliphatic rings. The van der Waals surface area contributed by atoms with Gasteiger partial charge in [-0.3, -0.25) is 4.79 Å². The topological polar surface area (TPSA) is 56.5 Å². The standard InChI is InChI=1S/C18H14O4/c1-11(19)15-9-12-7-8-22-17(12)10-16(15)13-5-3-4-6-14(13)18(20)21-2/h3-10H,1-2H3. The van der Waals surface area contributed by atoms with Crippen LogP contribution in [0.3, 0.4) is 0 Å². The summed E-state index contributed by atoms with van der Waals surface area (Å²) in [6.07, 6.45) is 1.57. The summed E-state index contributed by atoms with van der Waals surface area (Å²) in [5, 5.41) is 0.851. The van der Waals surface area contributed by atoms with E-state index in [1.807, 2.05) is 6.07 Å². The van der Waals surface area contributed by atoms with Crippen molar-refractivity contribution in [1.82, 2.24) is 0 Å². The molecule has 3 aromatic rings. The largest absolute Gasteiger partial charge is 0.465 e. The van der Waals surface area contributed by atoms with Crippen molar-refractivity contribution in [1.29, 1.82) is 0 Å². The number of esters is 1. The average Bonchev–Trinajstić information content (AvgIpc) is 3.00. The number of ether oxygens (including phenoxy) is 1. The molecule has 0 unspecified atom stereocenters. The molecular formula is C18H14O4. The number of benzene rings is 2. The van der Waals surface area contributed by atoms with Crippen LogP contribution in [0.15, 0.2) is 53.1 Å². The van der Waals surface area contributed by atoms with Crippen molar-refractivity contribution in [3.63, 3.8) is 0 Å². The number of Topliss-reactive ketones (excluding diaryl/α,β-unsaturated/α-hetero) is 1. The molecule has 0 bridgehead atoms. The number of rotatable bonds is 3. The molecule has 0 aliphatic carbocycles. The van der Waals surface area contributed by atoms with Gasteiger partial charge >= 0.3 is 5.97 Å². The summed E-state index contributed by atoms with van der Waals surface area (Å²) in [4.78, 5) is 24.0. The highest BCUT2D eigenvalue weighted by atomic mass is 16.5. The highest BCUT2D eigenvalue weighted by Crippen LogP contribution is 2.32. The van der Waals surface area contributed by atoms with Crippen molar-refractivity contribution in [3.05, 3.63) is 59.9 Å². The third-order valence-electron chi connectivity index (χ3n) is 3.59. The van der Waals surface area contributed by atoms with Crippen LogP contribution in [0.5, 0.6) is 0 Å². The van der Waals surface area contributed by atoms with Crippen LogP contribution < -0.4 is 0 Å². The van der Waals surface area contributed by atoms with Gasteiger partial charge in [-0.05, 0) is 42.3 Å². The van der Waals surface area contributed by atoms with Crippen LogP contribution in [0.25, 0.3) is 22.1 Å². The quantitative estimate of drug-likeness (QED) is 0.539. The molecule has 1 aromatic heterocycles. The minimum Gasteiger partial charge on any atom is -0.465 e. The van der Waals surface area contributed by atoms with Crippen LogP contribution in [0, 0.1) is 0 Å². The molecule has 22 heavy (non-hydrogen) atoms. The van der Waals surface area contributed by atoms with E-state index >= 15 is 0 Å². The minimum absolute atomic E-state index is 0.0715. The molecule has 2 aromatic carbocycles. The lowest BCUT2D eigenvalue weighted by atomic mass is 9.93. The lowest BCUT2D eigenvalue weighted by molar-refractivity contribution is 0.0601. The lowest BCUT2D eigenvalue weighted by Crippen LogP contribution is -2.05. The predicted molar refractivity (Wildman–Crippen MR) is 83.0 cm³/mol. The van der Waals surface area contributed by atoms with Gasteiger partial charge in [0.1, 0.15) is 5.58 Å². The van der Waals surface area contributed by atoms with E-state index in [1.165, 1.54) is 14.0 Å². The summed E-state index contributed by atoms with van der Waals surface area (Å²) in [5.41, 5.74) is 2.94. The van der Waals surface area contributed by atoms with Crippen LogP contribution >= 0.6 is 0 Å². The molecule has 0 radical (unpaired) electrons. The highest BCUT2D eigenvalue weighted by molar-refractivity contribution is 6.07. The first-order valence-electron chi connectivity index (χ1n) is 6.81. The van der Waals surface area contributed by atoms with Crippen LogP contribution in [-0.2, 0) is 4.74 Å². The van der Waals surface area contributed by atoms with Gasteiger partial charge in [0.15, 0.2) is 5.78 Å². The SMILES string of the molecule is COC(=O)c1ccccc1-c1cc2occc2cc1C(C)=O. The van der Waals surface area contributed by atoms with E-state index in [9.17, 15) is 9.59 Å². The molecule has 4 heteroatoms. The Morgan fingerprint density at radius 3 is 2.50 bits per heavy atom.